The second-order valence-electron chi connectivity index (χ2n) is 9.41. The number of ether oxygens (including phenoxy) is 1. The van der Waals surface area contributed by atoms with Crippen LogP contribution in [-0.2, 0) is 4.74 Å². The maximum atomic E-state index is 11.4. The molecule has 0 aliphatic carbocycles. The molecule has 0 aromatic rings. The van der Waals surface area contributed by atoms with E-state index >= 15 is 0 Å². The Hall–Kier alpha value is -0.970. The summed E-state index contributed by atoms with van der Waals surface area (Å²) in [5.74, 6) is 0.435. The molecule has 0 aromatic carbocycles. The third kappa shape index (κ3) is 4.01. The lowest BCUT2D eigenvalue weighted by Gasteiger charge is -2.54. The fraction of sp³-hybridized carbons (Fsp3) is 0.947. The molecule has 1 amide bonds. The molecule has 4 unspecified atom stereocenters. The largest absolute Gasteiger partial charge is 0.465 e. The summed E-state index contributed by atoms with van der Waals surface area (Å²) < 4.78 is 6.27. The minimum Gasteiger partial charge on any atom is -0.465 e. The fourth-order valence-electron chi connectivity index (χ4n) is 5.40. The van der Waals surface area contributed by atoms with Gasteiger partial charge in [0.1, 0.15) is 0 Å². The molecule has 160 valence electrons. The molecule has 0 bridgehead atoms. The van der Waals surface area contributed by atoms with Gasteiger partial charge in [-0.25, -0.2) is 4.79 Å². The third-order valence-corrected chi connectivity index (χ3v) is 7.05. The normalized spacial score (nSPS) is 39.2. The van der Waals surface area contributed by atoms with E-state index in [1.165, 1.54) is 17.7 Å². The Balaban J connectivity index is 1.43. The van der Waals surface area contributed by atoms with Gasteiger partial charge in [0.05, 0.1) is 12.8 Å². The first-order valence-electron chi connectivity index (χ1n) is 10.6. The van der Waals surface area contributed by atoms with Crippen molar-refractivity contribution < 1.29 is 14.6 Å². The number of rotatable bonds is 4. The zero-order valence-corrected chi connectivity index (χ0v) is 17.4. The molecular formula is C19H36N6O3. The Morgan fingerprint density at radius 3 is 2.71 bits per heavy atom. The summed E-state index contributed by atoms with van der Waals surface area (Å²) in [6.07, 6.45) is 1.61. The van der Waals surface area contributed by atoms with Crippen molar-refractivity contribution in [3.05, 3.63) is 0 Å². The van der Waals surface area contributed by atoms with Crippen LogP contribution >= 0.6 is 0 Å². The number of carboxylic acid groups (broad SMARTS) is 1. The maximum absolute atomic E-state index is 11.4. The van der Waals surface area contributed by atoms with Gasteiger partial charge in [-0.1, -0.05) is 0 Å². The number of hydrogen-bond acceptors (Lipinski definition) is 7. The highest BCUT2D eigenvalue weighted by atomic mass is 16.5. The molecule has 0 spiro atoms. The molecule has 9 heteroatoms. The Morgan fingerprint density at radius 1 is 1.21 bits per heavy atom. The van der Waals surface area contributed by atoms with E-state index in [4.69, 9.17) is 4.74 Å². The number of nitrogens with zero attached hydrogens (tertiary/aromatic N) is 3. The number of piperazine rings is 1. The van der Waals surface area contributed by atoms with Gasteiger partial charge >= 0.3 is 6.09 Å². The summed E-state index contributed by atoms with van der Waals surface area (Å²) in [7, 11) is 2.17. The second kappa shape index (κ2) is 8.04. The minimum atomic E-state index is -0.826. The Kier molecular flexibility index (Phi) is 5.83. The molecule has 4 saturated heterocycles. The smallest absolute Gasteiger partial charge is 0.407 e. The molecule has 0 aromatic heterocycles. The monoisotopic (exact) mass is 396 g/mol. The first-order chi connectivity index (χ1) is 13.3. The van der Waals surface area contributed by atoms with E-state index in [2.05, 4.69) is 46.6 Å². The topological polar surface area (TPSA) is 92.3 Å². The molecule has 4 heterocycles. The molecule has 4 fully saturated rings. The standard InChI is InChI=1S/C19H36N6O3/c1-19(2)12-24(18(26)27)7-8-25(19)16-14-9-20-10-15(14)21-17(22-16)28-11-13-5-4-6-23(13)3/h13-17,20-22H,4-12H2,1-3H3,(H,26,27)/t13-,14?,15?,16?,17?/m0/s1. The Bertz CT molecular complexity index is 576. The van der Waals surface area contributed by atoms with E-state index in [0.717, 1.165) is 32.8 Å². The lowest BCUT2D eigenvalue weighted by atomic mass is 9.90. The van der Waals surface area contributed by atoms with E-state index in [0.29, 0.717) is 31.1 Å². The predicted molar refractivity (Wildman–Crippen MR) is 106 cm³/mol. The summed E-state index contributed by atoms with van der Waals surface area (Å²) in [5.41, 5.74) is -0.227. The van der Waals surface area contributed by atoms with Gasteiger partial charge in [-0.3, -0.25) is 15.5 Å². The van der Waals surface area contributed by atoms with Crippen molar-refractivity contribution in [1.29, 1.82) is 0 Å². The molecule has 0 saturated carbocycles. The van der Waals surface area contributed by atoms with Crippen molar-refractivity contribution >= 4 is 6.09 Å². The van der Waals surface area contributed by atoms with Crippen LogP contribution in [0.2, 0.25) is 0 Å². The van der Waals surface area contributed by atoms with Crippen molar-refractivity contribution in [2.24, 2.45) is 5.92 Å². The number of hydrogen-bond donors (Lipinski definition) is 4. The van der Waals surface area contributed by atoms with Gasteiger partial charge < -0.3 is 25.0 Å². The average Bonchev–Trinajstić information content (AvgIpc) is 3.27. The van der Waals surface area contributed by atoms with Crippen molar-refractivity contribution in [3.8, 4) is 0 Å². The van der Waals surface area contributed by atoms with Crippen LogP contribution in [0.15, 0.2) is 0 Å². The lowest BCUT2D eigenvalue weighted by Crippen LogP contribution is -2.74. The number of nitrogens with one attached hydrogen (secondary N) is 3. The van der Waals surface area contributed by atoms with Crippen molar-refractivity contribution in [1.82, 2.24) is 30.7 Å². The zero-order valence-electron chi connectivity index (χ0n) is 17.4. The Labute approximate surface area is 167 Å². The molecule has 0 radical (unpaired) electrons. The van der Waals surface area contributed by atoms with Crippen LogP contribution in [-0.4, -0.2) is 109 Å². The summed E-state index contributed by atoms with van der Waals surface area (Å²) in [5, 5.41) is 20.3. The van der Waals surface area contributed by atoms with Gasteiger partial charge in [-0.15, -0.1) is 0 Å². The van der Waals surface area contributed by atoms with Crippen LogP contribution in [0.1, 0.15) is 26.7 Å². The van der Waals surface area contributed by atoms with Crippen LogP contribution in [0, 0.1) is 5.92 Å². The predicted octanol–water partition coefficient (Wildman–Crippen LogP) is -0.438. The summed E-state index contributed by atoms with van der Waals surface area (Å²) in [6.45, 7) is 9.89. The van der Waals surface area contributed by atoms with Gasteiger partial charge in [-0.05, 0) is 40.3 Å². The average molecular weight is 397 g/mol. The van der Waals surface area contributed by atoms with Crippen LogP contribution < -0.4 is 16.0 Å². The number of fused-ring (bicyclic) bond motifs is 1. The first-order valence-corrected chi connectivity index (χ1v) is 10.6. The number of likely N-dealkylation sites (tertiary alicyclic amines) is 1. The minimum absolute atomic E-state index is 0.165. The van der Waals surface area contributed by atoms with E-state index < -0.39 is 6.09 Å². The highest BCUT2D eigenvalue weighted by molar-refractivity contribution is 5.65. The molecule has 4 N–H and O–H groups in total. The molecule has 28 heavy (non-hydrogen) atoms. The summed E-state index contributed by atoms with van der Waals surface area (Å²) >= 11 is 0. The van der Waals surface area contributed by atoms with Crippen molar-refractivity contribution in [2.75, 3.05) is 52.9 Å². The van der Waals surface area contributed by atoms with E-state index in [1.807, 2.05) is 0 Å². The quantitative estimate of drug-likeness (QED) is 0.509. The molecule has 4 aliphatic rings. The van der Waals surface area contributed by atoms with Crippen LogP contribution in [0.4, 0.5) is 4.79 Å². The number of likely N-dealkylation sites (N-methyl/N-ethyl adjacent to an activating group) is 1. The molecule has 9 nitrogen and oxygen atoms in total. The fourth-order valence-corrected chi connectivity index (χ4v) is 5.40. The van der Waals surface area contributed by atoms with Gasteiger partial charge in [0.25, 0.3) is 0 Å². The van der Waals surface area contributed by atoms with Gasteiger partial charge in [-0.2, -0.15) is 0 Å². The van der Waals surface area contributed by atoms with Gasteiger partial charge in [0.2, 0.25) is 0 Å². The zero-order chi connectivity index (χ0) is 19.9. The number of carbonyl (C=O) groups is 1. The van der Waals surface area contributed by atoms with E-state index in [9.17, 15) is 9.90 Å². The Morgan fingerprint density at radius 2 is 2.04 bits per heavy atom. The summed E-state index contributed by atoms with van der Waals surface area (Å²) in [6, 6.07) is 0.864. The maximum Gasteiger partial charge on any atom is 0.407 e. The SMILES string of the molecule is CN1CCC[C@H]1COC1NC2CNCC2C(N2CCN(C(=O)O)CC2(C)C)N1. The molecule has 5 atom stereocenters. The van der Waals surface area contributed by atoms with Gasteiger partial charge in [0.15, 0.2) is 6.35 Å². The van der Waals surface area contributed by atoms with Crippen molar-refractivity contribution in [3.63, 3.8) is 0 Å². The molecule has 4 rings (SSSR count). The van der Waals surface area contributed by atoms with E-state index in [-0.39, 0.29) is 18.1 Å². The highest BCUT2D eigenvalue weighted by Crippen LogP contribution is 2.30. The lowest BCUT2D eigenvalue weighted by molar-refractivity contribution is -0.109. The van der Waals surface area contributed by atoms with Crippen LogP contribution in [0.5, 0.6) is 0 Å². The summed E-state index contributed by atoms with van der Waals surface area (Å²) in [4.78, 5) is 17.8. The van der Waals surface area contributed by atoms with E-state index in [1.54, 1.807) is 0 Å². The number of amides is 1. The third-order valence-electron chi connectivity index (χ3n) is 7.05. The first kappa shape index (κ1) is 20.3. The molecule has 4 aliphatic heterocycles. The van der Waals surface area contributed by atoms with Crippen LogP contribution in [0.25, 0.3) is 0 Å². The van der Waals surface area contributed by atoms with Gasteiger partial charge in [0, 0.05) is 56.3 Å². The van der Waals surface area contributed by atoms with Crippen molar-refractivity contribution in [2.45, 2.75) is 56.8 Å². The second-order valence-corrected chi connectivity index (χ2v) is 9.41. The highest BCUT2D eigenvalue weighted by Gasteiger charge is 2.48. The van der Waals surface area contributed by atoms with Crippen LogP contribution in [0.3, 0.4) is 0 Å². The molecular weight excluding hydrogens is 360 g/mol.